The number of rotatable bonds is 32. The SMILES string of the molecule is CCCCCCCCCCCCCCCCCC(=O)NC.CCCCCCCCCCCCCCCCCC(N)=O. The van der Waals surface area contributed by atoms with Gasteiger partial charge in [-0.25, -0.2) is 0 Å². The highest BCUT2D eigenvalue weighted by Gasteiger charge is 1.98. The predicted molar refractivity (Wildman–Crippen MR) is 182 cm³/mol. The van der Waals surface area contributed by atoms with Gasteiger partial charge in [-0.15, -0.1) is 0 Å². The Morgan fingerprint density at radius 1 is 0.390 bits per heavy atom. The highest BCUT2D eigenvalue weighted by Crippen LogP contribution is 2.15. The fourth-order valence-corrected chi connectivity index (χ4v) is 5.45. The van der Waals surface area contributed by atoms with Crippen LogP contribution in [0.1, 0.15) is 219 Å². The van der Waals surface area contributed by atoms with Crippen molar-refractivity contribution in [1.82, 2.24) is 5.32 Å². The first-order valence-corrected chi connectivity index (χ1v) is 18.6. The zero-order valence-corrected chi connectivity index (χ0v) is 28.5. The van der Waals surface area contributed by atoms with E-state index in [1.165, 1.54) is 180 Å². The summed E-state index contributed by atoms with van der Waals surface area (Å²) in [5.41, 5.74) is 5.11. The minimum Gasteiger partial charge on any atom is -0.370 e. The molecule has 0 spiro atoms. The average Bonchev–Trinajstić information content (AvgIpc) is 2.97. The van der Waals surface area contributed by atoms with Gasteiger partial charge in [0.2, 0.25) is 11.8 Å². The molecule has 4 nitrogen and oxygen atoms in total. The Kier molecular flexibility index (Phi) is 40.0. The molecule has 4 heteroatoms. The van der Waals surface area contributed by atoms with Gasteiger partial charge in [0, 0.05) is 19.9 Å². The Balaban J connectivity index is 0. The number of primary amides is 1. The zero-order valence-electron chi connectivity index (χ0n) is 28.5. The molecule has 0 unspecified atom stereocenters. The fourth-order valence-electron chi connectivity index (χ4n) is 5.45. The van der Waals surface area contributed by atoms with E-state index in [1.807, 2.05) is 0 Å². The summed E-state index contributed by atoms with van der Waals surface area (Å²) in [7, 11) is 1.72. The van der Waals surface area contributed by atoms with Crippen LogP contribution in [0.25, 0.3) is 0 Å². The molecule has 41 heavy (non-hydrogen) atoms. The van der Waals surface area contributed by atoms with Crippen molar-refractivity contribution in [2.75, 3.05) is 7.05 Å². The number of nitrogens with two attached hydrogens (primary N) is 1. The molecule has 0 aliphatic rings. The molecular formula is C37H76N2O2. The molecule has 3 N–H and O–H groups in total. The number of hydrogen-bond donors (Lipinski definition) is 2. The summed E-state index contributed by atoms with van der Waals surface area (Å²) in [6.45, 7) is 4.56. The molecule has 0 saturated heterocycles. The normalized spacial score (nSPS) is 10.8. The van der Waals surface area contributed by atoms with Gasteiger partial charge in [-0.2, -0.15) is 0 Å². The number of nitrogens with one attached hydrogen (secondary N) is 1. The maximum atomic E-state index is 11.0. The lowest BCUT2D eigenvalue weighted by Crippen LogP contribution is -2.16. The topological polar surface area (TPSA) is 72.2 Å². The summed E-state index contributed by atoms with van der Waals surface area (Å²) in [5, 5.41) is 2.68. The van der Waals surface area contributed by atoms with Crippen LogP contribution in [0.2, 0.25) is 0 Å². The largest absolute Gasteiger partial charge is 0.370 e. The van der Waals surface area contributed by atoms with Crippen molar-refractivity contribution in [3.05, 3.63) is 0 Å². The van der Waals surface area contributed by atoms with Gasteiger partial charge in [-0.1, -0.05) is 194 Å². The second-order valence-corrected chi connectivity index (χ2v) is 12.5. The summed E-state index contributed by atoms with van der Waals surface area (Å²) in [5.74, 6) is 0.0318. The molecule has 0 saturated carbocycles. The molecule has 0 heterocycles. The van der Waals surface area contributed by atoms with E-state index in [0.717, 1.165) is 12.8 Å². The lowest BCUT2D eigenvalue weighted by molar-refractivity contribution is -0.120. The van der Waals surface area contributed by atoms with Gasteiger partial charge in [0.15, 0.2) is 0 Å². The summed E-state index contributed by atoms with van der Waals surface area (Å²) in [4.78, 5) is 21.6. The van der Waals surface area contributed by atoms with Crippen LogP contribution in [-0.2, 0) is 9.59 Å². The van der Waals surface area contributed by atoms with E-state index in [-0.39, 0.29) is 11.8 Å². The maximum Gasteiger partial charge on any atom is 0.219 e. The minimum absolute atomic E-state index is 0.153. The van der Waals surface area contributed by atoms with Crippen LogP contribution < -0.4 is 11.1 Å². The van der Waals surface area contributed by atoms with Crippen molar-refractivity contribution in [1.29, 1.82) is 0 Å². The van der Waals surface area contributed by atoms with E-state index in [1.54, 1.807) is 7.05 Å². The van der Waals surface area contributed by atoms with E-state index >= 15 is 0 Å². The quantitative estimate of drug-likeness (QED) is 0.0777. The molecule has 0 rings (SSSR count). The lowest BCUT2D eigenvalue weighted by atomic mass is 10.0. The van der Waals surface area contributed by atoms with Crippen LogP contribution in [0.3, 0.4) is 0 Å². The molecule has 0 radical (unpaired) electrons. The Morgan fingerprint density at radius 3 is 0.829 bits per heavy atom. The summed E-state index contributed by atoms with van der Waals surface area (Å²) in [6, 6.07) is 0. The number of carbonyl (C=O) groups is 2. The third-order valence-electron chi connectivity index (χ3n) is 8.31. The molecule has 0 aromatic rings. The van der Waals surface area contributed by atoms with E-state index in [0.29, 0.717) is 12.8 Å². The molecule has 0 aromatic carbocycles. The summed E-state index contributed by atoms with van der Waals surface area (Å²) >= 11 is 0. The van der Waals surface area contributed by atoms with E-state index in [9.17, 15) is 9.59 Å². The Hall–Kier alpha value is -1.06. The molecule has 0 fully saturated rings. The number of amides is 2. The zero-order chi connectivity index (χ0) is 30.5. The van der Waals surface area contributed by atoms with Gasteiger partial charge in [0.25, 0.3) is 0 Å². The van der Waals surface area contributed by atoms with Crippen LogP contribution in [-0.4, -0.2) is 18.9 Å². The maximum absolute atomic E-state index is 11.0. The second-order valence-electron chi connectivity index (χ2n) is 12.5. The van der Waals surface area contributed by atoms with Crippen LogP contribution in [0.15, 0.2) is 0 Å². The fraction of sp³-hybridized carbons (Fsp3) is 0.946. The van der Waals surface area contributed by atoms with Crippen LogP contribution in [0.4, 0.5) is 0 Å². The Bertz CT molecular complexity index is 509. The predicted octanol–water partition coefficient (Wildman–Crippen LogP) is 11.7. The highest BCUT2D eigenvalue weighted by atomic mass is 16.1. The van der Waals surface area contributed by atoms with Crippen molar-refractivity contribution < 1.29 is 9.59 Å². The lowest BCUT2D eigenvalue weighted by Gasteiger charge is -2.03. The van der Waals surface area contributed by atoms with Gasteiger partial charge >= 0.3 is 0 Å². The van der Waals surface area contributed by atoms with Gasteiger partial charge in [-0.3, -0.25) is 9.59 Å². The van der Waals surface area contributed by atoms with Crippen LogP contribution in [0, 0.1) is 0 Å². The van der Waals surface area contributed by atoms with Crippen molar-refractivity contribution >= 4 is 11.8 Å². The Morgan fingerprint density at radius 2 is 0.610 bits per heavy atom. The van der Waals surface area contributed by atoms with E-state index in [4.69, 9.17) is 5.73 Å². The summed E-state index contributed by atoms with van der Waals surface area (Å²) in [6.07, 6.45) is 42.2. The Labute approximate surface area is 258 Å². The summed E-state index contributed by atoms with van der Waals surface area (Å²) < 4.78 is 0. The number of hydrogen-bond acceptors (Lipinski definition) is 2. The van der Waals surface area contributed by atoms with Crippen LogP contribution >= 0.6 is 0 Å². The third-order valence-corrected chi connectivity index (χ3v) is 8.31. The highest BCUT2D eigenvalue weighted by molar-refractivity contribution is 5.75. The van der Waals surface area contributed by atoms with E-state index < -0.39 is 0 Å². The first-order valence-electron chi connectivity index (χ1n) is 18.6. The second kappa shape index (κ2) is 38.9. The monoisotopic (exact) mass is 581 g/mol. The molecular weight excluding hydrogens is 504 g/mol. The first kappa shape index (κ1) is 42.1. The van der Waals surface area contributed by atoms with Crippen LogP contribution in [0.5, 0.6) is 0 Å². The molecule has 0 atom stereocenters. The third kappa shape index (κ3) is 43.5. The molecule has 246 valence electrons. The standard InChI is InChI=1S/C19H39NO.C18H37NO/c1-3-4-5-6-7-8-9-10-11-12-13-14-15-16-17-18-19(21)20-2;1-2-3-4-5-6-7-8-9-10-11-12-13-14-15-16-17-18(19)20/h3-18H2,1-2H3,(H,20,21);2-17H2,1H3,(H2,19,20). The number of unbranched alkanes of at least 4 members (excludes halogenated alkanes) is 28. The van der Waals surface area contributed by atoms with E-state index in [2.05, 4.69) is 19.2 Å². The van der Waals surface area contributed by atoms with Crippen molar-refractivity contribution in [2.24, 2.45) is 5.73 Å². The van der Waals surface area contributed by atoms with Gasteiger partial charge in [0.05, 0.1) is 0 Å². The molecule has 0 aliphatic heterocycles. The molecule has 0 bridgehead atoms. The molecule has 0 aromatic heterocycles. The first-order chi connectivity index (χ1) is 20.1. The minimum atomic E-state index is -0.153. The molecule has 2 amide bonds. The molecule has 0 aliphatic carbocycles. The van der Waals surface area contributed by atoms with Crippen molar-refractivity contribution in [2.45, 2.75) is 219 Å². The average molecular weight is 581 g/mol. The van der Waals surface area contributed by atoms with Crippen molar-refractivity contribution in [3.63, 3.8) is 0 Å². The van der Waals surface area contributed by atoms with Gasteiger partial charge < -0.3 is 11.1 Å². The van der Waals surface area contributed by atoms with Gasteiger partial charge in [-0.05, 0) is 12.8 Å². The number of carbonyl (C=O) groups excluding carboxylic acids is 2. The smallest absolute Gasteiger partial charge is 0.219 e. The van der Waals surface area contributed by atoms with Crippen molar-refractivity contribution in [3.8, 4) is 0 Å². The van der Waals surface area contributed by atoms with Gasteiger partial charge in [0.1, 0.15) is 0 Å².